The van der Waals surface area contributed by atoms with Crippen LogP contribution in [-0.4, -0.2) is 41.8 Å². The zero-order valence-electron chi connectivity index (χ0n) is 16.2. The SMILES string of the molecule is Cn1nc(-c2ccncc2)nc1-c1c(C(N)=O)nc2n1CCOc1cc(F)c(Br)cc1-2. The summed E-state index contributed by atoms with van der Waals surface area (Å²) in [6, 6.07) is 6.45. The average Bonchev–Trinajstić information content (AvgIpc) is 3.27. The third-order valence-corrected chi connectivity index (χ3v) is 5.56. The monoisotopic (exact) mass is 483 g/mol. The number of benzene rings is 1. The van der Waals surface area contributed by atoms with Gasteiger partial charge in [-0.25, -0.2) is 19.0 Å². The van der Waals surface area contributed by atoms with Crippen LogP contribution in [0.1, 0.15) is 10.5 Å². The van der Waals surface area contributed by atoms with Crippen molar-refractivity contribution in [1.29, 1.82) is 0 Å². The second kappa shape index (κ2) is 7.27. The standard InChI is InChI=1S/C20H15BrFN7O2/c1-28-20(26-18(27-28)10-2-4-24-5-3-10)16-15(17(23)30)25-19-11-8-12(21)13(22)9-14(11)31-7-6-29(16)19/h2-5,8-9H,6-7H2,1H3,(H2,23,30). The molecule has 31 heavy (non-hydrogen) atoms. The van der Waals surface area contributed by atoms with Gasteiger partial charge in [-0.1, -0.05) is 0 Å². The van der Waals surface area contributed by atoms with Crippen molar-refractivity contribution in [2.75, 3.05) is 6.61 Å². The van der Waals surface area contributed by atoms with Crippen molar-refractivity contribution >= 4 is 21.8 Å². The van der Waals surface area contributed by atoms with Crippen molar-refractivity contribution in [3.05, 3.63) is 52.6 Å². The zero-order valence-corrected chi connectivity index (χ0v) is 17.8. The number of aromatic nitrogens is 6. The van der Waals surface area contributed by atoms with Gasteiger partial charge in [0.05, 0.1) is 16.6 Å². The van der Waals surface area contributed by atoms with Crippen molar-refractivity contribution in [1.82, 2.24) is 29.3 Å². The summed E-state index contributed by atoms with van der Waals surface area (Å²) in [4.78, 5) is 25.4. The fourth-order valence-electron chi connectivity index (χ4n) is 3.56. The van der Waals surface area contributed by atoms with Crippen LogP contribution in [-0.2, 0) is 13.6 Å². The Balaban J connectivity index is 1.75. The second-order valence-electron chi connectivity index (χ2n) is 6.88. The Morgan fingerprint density at radius 3 is 2.74 bits per heavy atom. The van der Waals surface area contributed by atoms with Crippen molar-refractivity contribution < 1.29 is 13.9 Å². The molecule has 0 saturated carbocycles. The first-order valence-electron chi connectivity index (χ1n) is 9.28. The third-order valence-electron chi connectivity index (χ3n) is 4.95. The van der Waals surface area contributed by atoms with Gasteiger partial charge in [-0.3, -0.25) is 9.78 Å². The van der Waals surface area contributed by atoms with Crippen LogP contribution in [0.2, 0.25) is 0 Å². The van der Waals surface area contributed by atoms with E-state index in [1.54, 1.807) is 46.9 Å². The smallest absolute Gasteiger partial charge is 0.269 e. The number of halogens is 2. The summed E-state index contributed by atoms with van der Waals surface area (Å²) in [6.45, 7) is 0.605. The number of carbonyl (C=O) groups excluding carboxylic acids is 1. The summed E-state index contributed by atoms with van der Waals surface area (Å²) in [5.74, 6) is 0.509. The number of ether oxygens (including phenoxy) is 1. The number of pyridine rings is 1. The maximum absolute atomic E-state index is 14.1. The molecule has 0 radical (unpaired) electrons. The zero-order chi connectivity index (χ0) is 21.7. The Bertz CT molecular complexity index is 1330. The number of nitrogens with zero attached hydrogens (tertiary/aromatic N) is 6. The van der Waals surface area contributed by atoms with Crippen LogP contribution in [0.4, 0.5) is 4.39 Å². The number of nitrogens with two attached hydrogens (primary N) is 1. The molecule has 0 spiro atoms. The molecule has 0 unspecified atom stereocenters. The van der Waals surface area contributed by atoms with E-state index in [4.69, 9.17) is 10.5 Å². The molecule has 9 nitrogen and oxygen atoms in total. The summed E-state index contributed by atoms with van der Waals surface area (Å²) in [5, 5.41) is 4.48. The van der Waals surface area contributed by atoms with E-state index in [1.165, 1.54) is 6.07 Å². The van der Waals surface area contributed by atoms with Gasteiger partial charge in [-0.15, -0.1) is 0 Å². The Hall–Kier alpha value is -3.60. The lowest BCUT2D eigenvalue weighted by molar-refractivity contribution is 0.0996. The maximum atomic E-state index is 14.1. The van der Waals surface area contributed by atoms with Crippen LogP contribution >= 0.6 is 15.9 Å². The van der Waals surface area contributed by atoms with E-state index in [9.17, 15) is 9.18 Å². The second-order valence-corrected chi connectivity index (χ2v) is 7.73. The molecule has 1 aliphatic heterocycles. The molecule has 0 atom stereocenters. The lowest BCUT2D eigenvalue weighted by Gasteiger charge is -2.08. The molecule has 1 aromatic carbocycles. The molecule has 4 aromatic rings. The van der Waals surface area contributed by atoms with E-state index >= 15 is 0 Å². The predicted molar refractivity (Wildman–Crippen MR) is 113 cm³/mol. The first kappa shape index (κ1) is 19.4. The topological polar surface area (TPSA) is 114 Å². The highest BCUT2D eigenvalue weighted by Crippen LogP contribution is 2.39. The Morgan fingerprint density at radius 2 is 2.00 bits per heavy atom. The number of hydrogen-bond acceptors (Lipinski definition) is 6. The maximum Gasteiger partial charge on any atom is 0.269 e. The number of aryl methyl sites for hydroxylation is 1. The van der Waals surface area contributed by atoms with E-state index < -0.39 is 11.7 Å². The number of rotatable bonds is 3. The predicted octanol–water partition coefficient (Wildman–Crippen LogP) is 2.80. The first-order valence-corrected chi connectivity index (χ1v) is 10.1. The van der Waals surface area contributed by atoms with Crippen LogP contribution in [0, 0.1) is 5.82 Å². The van der Waals surface area contributed by atoms with Crippen molar-refractivity contribution in [3.8, 4) is 40.0 Å². The molecule has 3 aromatic heterocycles. The lowest BCUT2D eigenvalue weighted by Crippen LogP contribution is -2.16. The molecule has 2 N–H and O–H groups in total. The van der Waals surface area contributed by atoms with Gasteiger partial charge < -0.3 is 15.0 Å². The van der Waals surface area contributed by atoms with Gasteiger partial charge >= 0.3 is 0 Å². The number of imidazole rings is 1. The molecule has 156 valence electrons. The Kier molecular flexibility index (Phi) is 4.54. The van der Waals surface area contributed by atoms with E-state index in [-0.39, 0.29) is 16.8 Å². The van der Waals surface area contributed by atoms with E-state index in [1.807, 2.05) is 0 Å². The molecule has 5 rings (SSSR count). The number of hydrogen-bond donors (Lipinski definition) is 1. The molecule has 0 bridgehead atoms. The largest absolute Gasteiger partial charge is 0.491 e. The fraction of sp³-hybridized carbons (Fsp3) is 0.150. The number of carbonyl (C=O) groups is 1. The Labute approximate surface area is 183 Å². The van der Waals surface area contributed by atoms with E-state index in [2.05, 4.69) is 36.0 Å². The van der Waals surface area contributed by atoms with E-state index in [0.717, 1.165) is 5.56 Å². The highest BCUT2D eigenvalue weighted by molar-refractivity contribution is 9.10. The molecule has 11 heteroatoms. The normalized spacial score (nSPS) is 12.6. The van der Waals surface area contributed by atoms with Gasteiger partial charge in [0, 0.05) is 31.1 Å². The van der Waals surface area contributed by atoms with Crippen molar-refractivity contribution in [2.45, 2.75) is 6.54 Å². The van der Waals surface area contributed by atoms with Gasteiger partial charge in [0.25, 0.3) is 5.91 Å². The summed E-state index contributed by atoms with van der Waals surface area (Å²) in [6.07, 6.45) is 3.30. The molecular weight excluding hydrogens is 469 g/mol. The molecule has 0 aliphatic carbocycles. The summed E-state index contributed by atoms with van der Waals surface area (Å²) >= 11 is 3.20. The third kappa shape index (κ3) is 3.17. The molecule has 4 heterocycles. The highest BCUT2D eigenvalue weighted by atomic mass is 79.9. The van der Waals surface area contributed by atoms with Crippen molar-refractivity contribution in [2.24, 2.45) is 12.8 Å². The lowest BCUT2D eigenvalue weighted by atomic mass is 10.2. The van der Waals surface area contributed by atoms with Crippen LogP contribution in [0.15, 0.2) is 41.1 Å². The molecule has 0 fully saturated rings. The minimum absolute atomic E-state index is 0.0556. The summed E-state index contributed by atoms with van der Waals surface area (Å²) in [5.41, 5.74) is 7.46. The summed E-state index contributed by atoms with van der Waals surface area (Å²) < 4.78 is 23.4. The highest BCUT2D eigenvalue weighted by Gasteiger charge is 2.30. The van der Waals surface area contributed by atoms with Crippen LogP contribution < -0.4 is 10.5 Å². The van der Waals surface area contributed by atoms with E-state index in [0.29, 0.717) is 41.0 Å². The number of primary amides is 1. The molecular formula is C20H15BrFN7O2. The van der Waals surface area contributed by atoms with Crippen LogP contribution in [0.25, 0.3) is 34.3 Å². The van der Waals surface area contributed by atoms with Gasteiger partial charge in [0.2, 0.25) is 0 Å². The Morgan fingerprint density at radius 1 is 1.23 bits per heavy atom. The van der Waals surface area contributed by atoms with Crippen LogP contribution in [0.3, 0.4) is 0 Å². The van der Waals surface area contributed by atoms with Crippen molar-refractivity contribution in [3.63, 3.8) is 0 Å². The minimum Gasteiger partial charge on any atom is -0.491 e. The average molecular weight is 484 g/mol. The van der Waals surface area contributed by atoms with Gasteiger partial charge in [0.15, 0.2) is 17.3 Å². The number of amides is 1. The number of fused-ring (bicyclic) bond motifs is 3. The van der Waals surface area contributed by atoms with Gasteiger partial charge in [0.1, 0.15) is 29.7 Å². The quantitative estimate of drug-likeness (QED) is 0.479. The molecule has 1 amide bonds. The van der Waals surface area contributed by atoms with Crippen LogP contribution in [0.5, 0.6) is 5.75 Å². The fourth-order valence-corrected chi connectivity index (χ4v) is 3.90. The molecule has 0 saturated heterocycles. The summed E-state index contributed by atoms with van der Waals surface area (Å²) in [7, 11) is 1.73. The van der Waals surface area contributed by atoms with Gasteiger partial charge in [-0.2, -0.15) is 5.10 Å². The first-order chi connectivity index (χ1) is 14.9. The van der Waals surface area contributed by atoms with Gasteiger partial charge in [-0.05, 0) is 34.1 Å². The molecule has 1 aliphatic rings. The minimum atomic E-state index is -0.701.